The summed E-state index contributed by atoms with van der Waals surface area (Å²) in [5, 5.41) is 18.0. The van der Waals surface area contributed by atoms with Crippen molar-refractivity contribution in [3.63, 3.8) is 0 Å². The van der Waals surface area contributed by atoms with Crippen LogP contribution in [0.25, 0.3) is 10.6 Å². The van der Waals surface area contributed by atoms with Crippen LogP contribution in [0.1, 0.15) is 22.2 Å². The minimum absolute atomic E-state index is 0.0656. The number of hydrogen-bond acceptors (Lipinski definition) is 5. The number of nitrogens with one attached hydrogen (secondary N) is 1. The van der Waals surface area contributed by atoms with Crippen LogP contribution in [0.2, 0.25) is 0 Å². The van der Waals surface area contributed by atoms with E-state index in [-0.39, 0.29) is 17.8 Å². The average Bonchev–Trinajstić information content (AvgIpc) is 3.25. The first-order valence-corrected chi connectivity index (χ1v) is 7.84. The number of carbonyl (C=O) groups is 1. The molecule has 0 radical (unpaired) electrons. The summed E-state index contributed by atoms with van der Waals surface area (Å²) in [6, 6.07) is 8.23. The van der Waals surface area contributed by atoms with E-state index in [4.69, 9.17) is 4.52 Å². The predicted molar refractivity (Wildman–Crippen MR) is 83.5 cm³/mol. The van der Waals surface area contributed by atoms with E-state index in [1.165, 1.54) is 23.5 Å². The summed E-state index contributed by atoms with van der Waals surface area (Å²) in [4.78, 5) is 12.8. The second-order valence-corrected chi connectivity index (χ2v) is 5.90. The fourth-order valence-electron chi connectivity index (χ4n) is 2.03. The molecule has 3 rings (SSSR count). The van der Waals surface area contributed by atoms with Gasteiger partial charge in [-0.3, -0.25) is 4.79 Å². The Kier molecular flexibility index (Phi) is 4.68. The quantitative estimate of drug-likeness (QED) is 0.741. The van der Waals surface area contributed by atoms with E-state index in [2.05, 4.69) is 10.5 Å². The molecule has 1 unspecified atom stereocenters. The number of carbonyl (C=O) groups excluding carboxylic acids is 1. The molecule has 0 aliphatic rings. The number of hydrogen-bond donors (Lipinski definition) is 2. The normalized spacial score (nSPS) is 12.1. The Morgan fingerprint density at radius 2 is 2.12 bits per heavy atom. The lowest BCUT2D eigenvalue weighted by atomic mass is 10.1. The zero-order chi connectivity index (χ0) is 17.1. The highest BCUT2D eigenvalue weighted by molar-refractivity contribution is 7.13. The Hall–Kier alpha value is -2.58. The van der Waals surface area contributed by atoms with Crippen molar-refractivity contribution < 1.29 is 23.2 Å². The molecule has 0 aliphatic heterocycles. The van der Waals surface area contributed by atoms with Crippen molar-refractivity contribution in [3.05, 3.63) is 64.7 Å². The van der Waals surface area contributed by atoms with Crippen molar-refractivity contribution in [2.75, 3.05) is 6.54 Å². The molecule has 1 amide bonds. The Morgan fingerprint density at radius 3 is 2.83 bits per heavy atom. The fraction of sp³-hybridized carbons (Fsp3) is 0.125. The number of rotatable bonds is 5. The van der Waals surface area contributed by atoms with E-state index in [0.29, 0.717) is 5.76 Å². The maximum atomic E-state index is 13.1. The summed E-state index contributed by atoms with van der Waals surface area (Å²) in [6.45, 7) is -0.175. The number of aromatic nitrogens is 1. The molecule has 5 nitrogen and oxygen atoms in total. The van der Waals surface area contributed by atoms with Crippen LogP contribution in [0.4, 0.5) is 8.78 Å². The van der Waals surface area contributed by atoms with Crippen LogP contribution in [0.15, 0.2) is 46.3 Å². The molecule has 8 heteroatoms. The molecule has 1 atom stereocenters. The molecule has 2 aromatic heterocycles. The standard InChI is InChI=1S/C16H12F2N2O3S/c17-10-4-3-9(6-11(10)18)13(21)8-19-16(22)12-7-14(23-20-12)15-2-1-5-24-15/h1-7,13,21H,8H2,(H,19,22). The summed E-state index contributed by atoms with van der Waals surface area (Å²) < 4.78 is 31.1. The zero-order valence-electron chi connectivity index (χ0n) is 12.2. The van der Waals surface area contributed by atoms with Gasteiger partial charge >= 0.3 is 0 Å². The maximum absolute atomic E-state index is 13.1. The molecule has 0 spiro atoms. The fourth-order valence-corrected chi connectivity index (χ4v) is 2.71. The third kappa shape index (κ3) is 3.50. The molecule has 124 valence electrons. The molecule has 0 fully saturated rings. The molecule has 24 heavy (non-hydrogen) atoms. The smallest absolute Gasteiger partial charge is 0.273 e. The van der Waals surface area contributed by atoms with Gasteiger partial charge in [0.1, 0.15) is 0 Å². The van der Waals surface area contributed by atoms with Crippen LogP contribution < -0.4 is 5.32 Å². The zero-order valence-corrected chi connectivity index (χ0v) is 13.0. The molecular formula is C16H12F2N2O3S. The number of nitrogens with zero attached hydrogens (tertiary/aromatic N) is 1. The Balaban J connectivity index is 1.62. The molecule has 2 N–H and O–H groups in total. The van der Waals surface area contributed by atoms with Gasteiger partial charge in [0, 0.05) is 12.6 Å². The summed E-state index contributed by atoms with van der Waals surface area (Å²) in [7, 11) is 0. The van der Waals surface area contributed by atoms with Crippen LogP contribution >= 0.6 is 11.3 Å². The first-order chi connectivity index (χ1) is 11.5. The minimum atomic E-state index is -1.17. The first-order valence-electron chi connectivity index (χ1n) is 6.96. The second kappa shape index (κ2) is 6.90. The van der Waals surface area contributed by atoms with Gasteiger partial charge in [0.05, 0.1) is 11.0 Å². The van der Waals surface area contributed by atoms with Gasteiger partial charge in [0.15, 0.2) is 23.1 Å². The van der Waals surface area contributed by atoms with Gasteiger partial charge in [-0.05, 0) is 29.1 Å². The summed E-state index contributed by atoms with van der Waals surface area (Å²) in [5.41, 5.74) is 0.226. The number of aliphatic hydroxyl groups is 1. The highest BCUT2D eigenvalue weighted by Gasteiger charge is 2.16. The van der Waals surface area contributed by atoms with Crippen molar-refractivity contribution >= 4 is 17.2 Å². The van der Waals surface area contributed by atoms with E-state index < -0.39 is 23.6 Å². The lowest BCUT2D eigenvalue weighted by Gasteiger charge is -2.11. The molecule has 0 bridgehead atoms. The van der Waals surface area contributed by atoms with Gasteiger partial charge in [-0.1, -0.05) is 17.3 Å². The summed E-state index contributed by atoms with van der Waals surface area (Å²) in [5.74, 6) is -2.13. The molecule has 0 aliphatic carbocycles. The highest BCUT2D eigenvalue weighted by atomic mass is 32.1. The number of benzene rings is 1. The number of thiophene rings is 1. The first kappa shape index (κ1) is 16.3. The van der Waals surface area contributed by atoms with Gasteiger partial charge in [-0.15, -0.1) is 11.3 Å². The molecule has 3 aromatic rings. The lowest BCUT2D eigenvalue weighted by Crippen LogP contribution is -2.28. The summed E-state index contributed by atoms with van der Waals surface area (Å²) in [6.07, 6.45) is -1.17. The third-order valence-corrected chi connectivity index (χ3v) is 4.18. The van der Waals surface area contributed by atoms with E-state index in [1.54, 1.807) is 0 Å². The average molecular weight is 350 g/mol. The van der Waals surface area contributed by atoms with Crippen LogP contribution in [-0.2, 0) is 0 Å². The molecule has 0 saturated carbocycles. The predicted octanol–water partition coefficient (Wildman–Crippen LogP) is 3.14. The Labute approximate surface area is 139 Å². The topological polar surface area (TPSA) is 75.4 Å². The van der Waals surface area contributed by atoms with Gasteiger partial charge < -0.3 is 14.9 Å². The van der Waals surface area contributed by atoms with Gasteiger partial charge in [0.25, 0.3) is 5.91 Å². The molecule has 2 heterocycles. The molecule has 1 aromatic carbocycles. The van der Waals surface area contributed by atoms with Crippen LogP contribution in [0.5, 0.6) is 0 Å². The highest BCUT2D eigenvalue weighted by Crippen LogP contribution is 2.25. The van der Waals surface area contributed by atoms with E-state index in [9.17, 15) is 18.7 Å². The van der Waals surface area contributed by atoms with Crippen molar-refractivity contribution in [1.29, 1.82) is 0 Å². The SMILES string of the molecule is O=C(NCC(O)c1ccc(F)c(F)c1)c1cc(-c2cccs2)on1. The van der Waals surface area contributed by atoms with Gasteiger partial charge in [0.2, 0.25) is 0 Å². The minimum Gasteiger partial charge on any atom is -0.387 e. The third-order valence-electron chi connectivity index (χ3n) is 3.29. The van der Waals surface area contributed by atoms with E-state index >= 15 is 0 Å². The van der Waals surface area contributed by atoms with Gasteiger partial charge in [-0.25, -0.2) is 8.78 Å². The van der Waals surface area contributed by atoms with E-state index in [1.807, 2.05) is 17.5 Å². The maximum Gasteiger partial charge on any atom is 0.273 e. The second-order valence-electron chi connectivity index (χ2n) is 4.95. The van der Waals surface area contributed by atoms with Crippen molar-refractivity contribution in [2.24, 2.45) is 0 Å². The number of halogens is 2. The van der Waals surface area contributed by atoms with Crippen LogP contribution in [-0.4, -0.2) is 22.7 Å². The number of amides is 1. The van der Waals surface area contributed by atoms with Crippen LogP contribution in [0, 0.1) is 11.6 Å². The van der Waals surface area contributed by atoms with Crippen molar-refractivity contribution in [3.8, 4) is 10.6 Å². The van der Waals surface area contributed by atoms with Gasteiger partial charge in [-0.2, -0.15) is 0 Å². The summed E-state index contributed by atoms with van der Waals surface area (Å²) >= 11 is 1.45. The number of aliphatic hydroxyl groups excluding tert-OH is 1. The molecular weight excluding hydrogens is 338 g/mol. The van der Waals surface area contributed by atoms with Crippen molar-refractivity contribution in [2.45, 2.75) is 6.10 Å². The largest absolute Gasteiger partial charge is 0.387 e. The Bertz CT molecular complexity index is 849. The monoisotopic (exact) mass is 350 g/mol. The van der Waals surface area contributed by atoms with E-state index in [0.717, 1.165) is 17.0 Å². The molecule has 0 saturated heterocycles. The van der Waals surface area contributed by atoms with Crippen molar-refractivity contribution in [1.82, 2.24) is 10.5 Å². The van der Waals surface area contributed by atoms with Crippen LogP contribution in [0.3, 0.4) is 0 Å². The lowest BCUT2D eigenvalue weighted by molar-refractivity contribution is 0.0907. The Morgan fingerprint density at radius 1 is 1.29 bits per heavy atom.